The minimum absolute atomic E-state index is 0.176. The number of aliphatic carboxylic acids is 1. The van der Waals surface area contributed by atoms with Crippen LogP contribution in [0.25, 0.3) is 17.0 Å². The van der Waals surface area contributed by atoms with Crippen molar-refractivity contribution >= 4 is 17.4 Å². The van der Waals surface area contributed by atoms with E-state index in [2.05, 4.69) is 21.4 Å². The third kappa shape index (κ3) is 8.11. The number of amides is 1. The summed E-state index contributed by atoms with van der Waals surface area (Å²) in [5, 5.41) is 11.7. The van der Waals surface area contributed by atoms with Gasteiger partial charge in [-0.25, -0.2) is 4.98 Å². The molecule has 1 fully saturated rings. The van der Waals surface area contributed by atoms with Crippen molar-refractivity contribution in [1.82, 2.24) is 15.3 Å². The van der Waals surface area contributed by atoms with Gasteiger partial charge in [-0.1, -0.05) is 43.5 Å². The summed E-state index contributed by atoms with van der Waals surface area (Å²) in [5.74, 6) is -0.679. The maximum Gasteiger partial charge on any atom is 0.303 e. The predicted molar refractivity (Wildman–Crippen MR) is 145 cm³/mol. The molecule has 0 bridgehead atoms. The van der Waals surface area contributed by atoms with Gasteiger partial charge in [-0.2, -0.15) is 0 Å². The van der Waals surface area contributed by atoms with Crippen molar-refractivity contribution in [2.75, 3.05) is 13.2 Å². The molecule has 0 atom stereocenters. The number of benzene rings is 1. The van der Waals surface area contributed by atoms with E-state index in [-0.39, 0.29) is 18.0 Å². The number of carbonyl (C=O) groups excluding carboxylic acids is 1. The standard InChI is InChI=1S/C30H35N3O5/c34-28(35)12-6-2-5-11-26(24-8-7-17-31-20-24)22-13-15-23(16-14-22)30-33-27(21-38-30)29(36)32-18-19-37-25-9-3-1-4-10-25/h7-8,11,13-17,20-21,25H,1-6,9-10,12,18-19H2,(H,32,36)(H,34,35)/b26-11-. The van der Waals surface area contributed by atoms with Crippen LogP contribution in [0, 0.1) is 0 Å². The fourth-order valence-electron chi connectivity index (χ4n) is 4.61. The van der Waals surface area contributed by atoms with Crippen LogP contribution in [0.4, 0.5) is 0 Å². The van der Waals surface area contributed by atoms with Gasteiger partial charge < -0.3 is 19.6 Å². The first-order valence-corrected chi connectivity index (χ1v) is 13.4. The Morgan fingerprint density at radius 1 is 1.08 bits per heavy atom. The fourth-order valence-corrected chi connectivity index (χ4v) is 4.61. The van der Waals surface area contributed by atoms with Crippen molar-refractivity contribution < 1.29 is 23.8 Å². The van der Waals surface area contributed by atoms with Gasteiger partial charge in [0.2, 0.25) is 5.89 Å². The third-order valence-electron chi connectivity index (χ3n) is 6.64. The number of nitrogens with zero attached hydrogens (tertiary/aromatic N) is 2. The summed E-state index contributed by atoms with van der Waals surface area (Å²) in [4.78, 5) is 31.9. The highest BCUT2D eigenvalue weighted by atomic mass is 16.5. The molecule has 2 N–H and O–H groups in total. The highest BCUT2D eigenvalue weighted by molar-refractivity contribution is 5.92. The monoisotopic (exact) mass is 517 g/mol. The van der Waals surface area contributed by atoms with Crippen LogP contribution in [0.15, 0.2) is 65.5 Å². The Balaban J connectivity index is 1.35. The molecule has 1 saturated carbocycles. The van der Waals surface area contributed by atoms with E-state index in [0.29, 0.717) is 31.6 Å². The van der Waals surface area contributed by atoms with Crippen molar-refractivity contribution in [3.8, 4) is 11.5 Å². The number of hydrogen-bond donors (Lipinski definition) is 2. The van der Waals surface area contributed by atoms with E-state index in [1.165, 1.54) is 25.5 Å². The molecule has 0 aliphatic heterocycles. The van der Waals surface area contributed by atoms with Gasteiger partial charge in [0.25, 0.3) is 5.91 Å². The molecule has 8 heteroatoms. The number of allylic oxidation sites excluding steroid dienone is 1. The van der Waals surface area contributed by atoms with Crippen LogP contribution < -0.4 is 5.32 Å². The Morgan fingerprint density at radius 3 is 2.63 bits per heavy atom. The molecule has 2 heterocycles. The summed E-state index contributed by atoms with van der Waals surface area (Å²) >= 11 is 0. The number of carboxylic acid groups (broad SMARTS) is 1. The van der Waals surface area contributed by atoms with Crippen LogP contribution in [0.2, 0.25) is 0 Å². The second kappa shape index (κ2) is 14.2. The lowest BCUT2D eigenvalue weighted by atomic mass is 9.96. The molecule has 200 valence electrons. The Labute approximate surface area is 223 Å². The Kier molecular flexibility index (Phi) is 10.2. The van der Waals surface area contributed by atoms with Crippen molar-refractivity contribution in [2.45, 2.75) is 63.9 Å². The lowest BCUT2D eigenvalue weighted by molar-refractivity contribution is -0.137. The first kappa shape index (κ1) is 27.3. The lowest BCUT2D eigenvalue weighted by Crippen LogP contribution is -2.29. The number of ether oxygens (including phenoxy) is 1. The zero-order valence-corrected chi connectivity index (χ0v) is 21.6. The Bertz CT molecular complexity index is 1200. The number of carbonyl (C=O) groups is 2. The van der Waals surface area contributed by atoms with Gasteiger partial charge in [0, 0.05) is 36.5 Å². The van der Waals surface area contributed by atoms with E-state index >= 15 is 0 Å². The molecule has 0 saturated heterocycles. The number of nitrogens with one attached hydrogen (secondary N) is 1. The highest BCUT2D eigenvalue weighted by Crippen LogP contribution is 2.27. The molecule has 1 aliphatic rings. The molecule has 1 aromatic carbocycles. The summed E-state index contributed by atoms with van der Waals surface area (Å²) in [6.45, 7) is 0.931. The van der Waals surface area contributed by atoms with Gasteiger partial charge in [0.05, 0.1) is 12.7 Å². The van der Waals surface area contributed by atoms with Gasteiger partial charge >= 0.3 is 5.97 Å². The molecular formula is C30H35N3O5. The third-order valence-corrected chi connectivity index (χ3v) is 6.64. The second-order valence-electron chi connectivity index (χ2n) is 9.50. The number of pyridine rings is 1. The zero-order valence-electron chi connectivity index (χ0n) is 21.6. The summed E-state index contributed by atoms with van der Waals surface area (Å²) in [6, 6.07) is 11.7. The normalized spacial score (nSPS) is 14.4. The number of oxazole rings is 1. The maximum absolute atomic E-state index is 12.5. The van der Waals surface area contributed by atoms with Crippen LogP contribution in [0.5, 0.6) is 0 Å². The van der Waals surface area contributed by atoms with Crippen LogP contribution in [0.1, 0.15) is 79.4 Å². The van der Waals surface area contributed by atoms with Crippen LogP contribution in [-0.2, 0) is 9.53 Å². The minimum atomic E-state index is -0.770. The summed E-state index contributed by atoms with van der Waals surface area (Å²) in [7, 11) is 0. The van der Waals surface area contributed by atoms with Gasteiger partial charge in [0.15, 0.2) is 5.69 Å². The molecular weight excluding hydrogens is 482 g/mol. The second-order valence-corrected chi connectivity index (χ2v) is 9.50. The lowest BCUT2D eigenvalue weighted by Gasteiger charge is -2.21. The van der Waals surface area contributed by atoms with Crippen molar-refractivity contribution in [1.29, 1.82) is 0 Å². The number of hydrogen-bond acceptors (Lipinski definition) is 6. The van der Waals surface area contributed by atoms with E-state index in [1.54, 1.807) is 6.20 Å². The largest absolute Gasteiger partial charge is 0.481 e. The van der Waals surface area contributed by atoms with E-state index < -0.39 is 5.97 Å². The topological polar surface area (TPSA) is 115 Å². The molecule has 4 rings (SSSR count). The minimum Gasteiger partial charge on any atom is -0.481 e. The average Bonchev–Trinajstić information content (AvgIpc) is 3.45. The number of carboxylic acids is 1. The number of unbranched alkanes of at least 4 members (excludes halogenated alkanes) is 2. The molecule has 0 radical (unpaired) electrons. The molecule has 1 amide bonds. The zero-order chi connectivity index (χ0) is 26.6. The van der Waals surface area contributed by atoms with Crippen molar-refractivity contribution in [3.05, 3.63) is 78.0 Å². The summed E-state index contributed by atoms with van der Waals surface area (Å²) in [6.07, 6.45) is 15.7. The SMILES string of the molecule is O=C(O)CCCC/C=C(/c1ccc(-c2nc(C(=O)NCCOC3CCCCC3)co2)cc1)c1cccnc1. The van der Waals surface area contributed by atoms with Gasteiger partial charge in [-0.15, -0.1) is 0 Å². The van der Waals surface area contributed by atoms with E-state index in [1.807, 2.05) is 42.6 Å². The molecule has 2 aromatic heterocycles. The van der Waals surface area contributed by atoms with E-state index in [9.17, 15) is 9.59 Å². The van der Waals surface area contributed by atoms with Crippen LogP contribution in [0.3, 0.4) is 0 Å². The smallest absolute Gasteiger partial charge is 0.303 e. The summed E-state index contributed by atoms with van der Waals surface area (Å²) < 4.78 is 11.5. The quantitative estimate of drug-likeness (QED) is 0.272. The van der Waals surface area contributed by atoms with Gasteiger partial charge in [-0.05, 0) is 61.4 Å². The van der Waals surface area contributed by atoms with E-state index in [0.717, 1.165) is 47.9 Å². The molecule has 0 unspecified atom stereocenters. The molecule has 3 aromatic rings. The molecule has 8 nitrogen and oxygen atoms in total. The molecule has 38 heavy (non-hydrogen) atoms. The molecule has 0 spiro atoms. The summed E-state index contributed by atoms with van der Waals surface area (Å²) in [5.41, 5.74) is 4.02. The highest BCUT2D eigenvalue weighted by Gasteiger charge is 2.16. The Hall–Kier alpha value is -3.78. The predicted octanol–water partition coefficient (Wildman–Crippen LogP) is 5.89. The van der Waals surface area contributed by atoms with Gasteiger partial charge in [-0.3, -0.25) is 14.6 Å². The van der Waals surface area contributed by atoms with E-state index in [4.69, 9.17) is 14.3 Å². The number of aromatic nitrogens is 2. The number of rotatable bonds is 13. The molecule has 1 aliphatic carbocycles. The first-order valence-electron chi connectivity index (χ1n) is 13.4. The van der Waals surface area contributed by atoms with Gasteiger partial charge in [0.1, 0.15) is 6.26 Å². The van der Waals surface area contributed by atoms with Crippen LogP contribution >= 0.6 is 0 Å². The fraction of sp³-hybridized carbons (Fsp3) is 0.400. The van der Waals surface area contributed by atoms with Crippen molar-refractivity contribution in [2.24, 2.45) is 0 Å². The maximum atomic E-state index is 12.5. The average molecular weight is 518 g/mol. The first-order chi connectivity index (χ1) is 18.6. The Morgan fingerprint density at radius 2 is 1.89 bits per heavy atom. The van der Waals surface area contributed by atoms with Crippen molar-refractivity contribution in [3.63, 3.8) is 0 Å². The van der Waals surface area contributed by atoms with Crippen LogP contribution in [-0.4, -0.2) is 46.2 Å².